The quantitative estimate of drug-likeness (QED) is 0.764. The van der Waals surface area contributed by atoms with E-state index in [0.29, 0.717) is 5.56 Å². The van der Waals surface area contributed by atoms with Crippen LogP contribution in [-0.2, 0) is 19.1 Å². The standard InChI is InChI=1S/C19H21NO4/c1-20(15-12-8-5-9-13-15)17(19(22)24-3)16(18(21)23-2)14-10-6-4-7-11-14/h4-13,16-17H,1-3H3. The molecule has 0 bridgehead atoms. The number of methoxy groups -OCH3 is 2. The van der Waals surface area contributed by atoms with Gasteiger partial charge in [-0.3, -0.25) is 4.79 Å². The molecule has 0 aromatic heterocycles. The number of anilines is 1. The summed E-state index contributed by atoms with van der Waals surface area (Å²) in [4.78, 5) is 26.7. The predicted molar refractivity (Wildman–Crippen MR) is 91.8 cm³/mol. The van der Waals surface area contributed by atoms with Crippen molar-refractivity contribution in [1.29, 1.82) is 0 Å². The molecule has 24 heavy (non-hydrogen) atoms. The molecule has 2 rings (SSSR count). The highest BCUT2D eigenvalue weighted by atomic mass is 16.5. The van der Waals surface area contributed by atoms with E-state index in [2.05, 4.69) is 0 Å². The Balaban J connectivity index is 2.50. The monoisotopic (exact) mass is 327 g/mol. The van der Waals surface area contributed by atoms with Crippen LogP contribution in [0.3, 0.4) is 0 Å². The van der Waals surface area contributed by atoms with E-state index in [0.717, 1.165) is 5.69 Å². The topological polar surface area (TPSA) is 55.8 Å². The summed E-state index contributed by atoms with van der Waals surface area (Å²) in [5, 5.41) is 0. The van der Waals surface area contributed by atoms with E-state index in [4.69, 9.17) is 9.47 Å². The average Bonchev–Trinajstić information content (AvgIpc) is 2.65. The van der Waals surface area contributed by atoms with Crippen molar-refractivity contribution in [3.05, 3.63) is 66.2 Å². The third-order valence-electron chi connectivity index (χ3n) is 3.95. The van der Waals surface area contributed by atoms with Gasteiger partial charge in [0.2, 0.25) is 0 Å². The summed E-state index contributed by atoms with van der Waals surface area (Å²) >= 11 is 0. The largest absolute Gasteiger partial charge is 0.468 e. The van der Waals surface area contributed by atoms with Crippen molar-refractivity contribution in [3.63, 3.8) is 0 Å². The van der Waals surface area contributed by atoms with Crippen molar-refractivity contribution < 1.29 is 19.1 Å². The number of carbonyl (C=O) groups excluding carboxylic acids is 2. The minimum absolute atomic E-state index is 0.487. The molecule has 0 aliphatic heterocycles. The Morgan fingerprint density at radius 2 is 1.33 bits per heavy atom. The molecule has 5 nitrogen and oxygen atoms in total. The van der Waals surface area contributed by atoms with Crippen molar-refractivity contribution in [2.75, 3.05) is 26.2 Å². The van der Waals surface area contributed by atoms with Crippen molar-refractivity contribution in [2.45, 2.75) is 12.0 Å². The summed E-state index contributed by atoms with van der Waals surface area (Å²) in [5.41, 5.74) is 1.50. The number of hydrogen-bond donors (Lipinski definition) is 0. The third-order valence-corrected chi connectivity index (χ3v) is 3.95. The highest BCUT2D eigenvalue weighted by Gasteiger charge is 2.39. The predicted octanol–water partition coefficient (Wildman–Crippen LogP) is 2.62. The lowest BCUT2D eigenvalue weighted by atomic mass is 9.90. The normalized spacial score (nSPS) is 12.8. The van der Waals surface area contributed by atoms with Crippen LogP contribution in [0.15, 0.2) is 60.7 Å². The van der Waals surface area contributed by atoms with E-state index in [1.165, 1.54) is 14.2 Å². The maximum atomic E-state index is 12.5. The van der Waals surface area contributed by atoms with E-state index in [9.17, 15) is 9.59 Å². The summed E-state index contributed by atoms with van der Waals surface area (Å²) in [7, 11) is 4.39. The molecule has 2 atom stereocenters. The molecule has 0 fully saturated rings. The molecule has 0 aliphatic rings. The molecule has 0 aliphatic carbocycles. The van der Waals surface area contributed by atoms with Crippen molar-refractivity contribution in [1.82, 2.24) is 0 Å². The first kappa shape index (κ1) is 17.5. The third kappa shape index (κ3) is 3.74. The zero-order valence-corrected chi connectivity index (χ0v) is 14.0. The van der Waals surface area contributed by atoms with Crippen LogP contribution >= 0.6 is 0 Å². The summed E-state index contributed by atoms with van der Waals surface area (Å²) in [5.74, 6) is -1.78. The highest BCUT2D eigenvalue weighted by Crippen LogP contribution is 2.28. The summed E-state index contributed by atoms with van der Waals surface area (Å²) in [6.45, 7) is 0. The number of benzene rings is 2. The molecule has 0 N–H and O–H groups in total. The lowest BCUT2D eigenvalue weighted by Gasteiger charge is -2.32. The number of para-hydroxylation sites is 1. The van der Waals surface area contributed by atoms with Gasteiger partial charge in [0.1, 0.15) is 12.0 Å². The van der Waals surface area contributed by atoms with E-state index < -0.39 is 23.9 Å². The highest BCUT2D eigenvalue weighted by molar-refractivity contribution is 5.91. The van der Waals surface area contributed by atoms with Gasteiger partial charge in [-0.05, 0) is 17.7 Å². The zero-order chi connectivity index (χ0) is 17.5. The number of hydrogen-bond acceptors (Lipinski definition) is 5. The maximum absolute atomic E-state index is 12.5. The van der Waals surface area contributed by atoms with Crippen molar-refractivity contribution >= 4 is 17.6 Å². The molecule has 5 heteroatoms. The number of rotatable bonds is 6. The van der Waals surface area contributed by atoms with Crippen LogP contribution in [-0.4, -0.2) is 39.2 Å². The number of ether oxygens (including phenoxy) is 2. The minimum atomic E-state index is -0.841. The lowest BCUT2D eigenvalue weighted by Crippen LogP contribution is -2.47. The molecule has 0 saturated heterocycles. The van der Waals surface area contributed by atoms with Crippen LogP contribution in [0, 0.1) is 0 Å². The molecule has 0 heterocycles. The number of likely N-dealkylation sites (N-methyl/N-ethyl adjacent to an activating group) is 1. The lowest BCUT2D eigenvalue weighted by molar-refractivity contribution is -0.150. The molecule has 0 amide bonds. The minimum Gasteiger partial charge on any atom is -0.468 e. The first-order valence-electron chi connectivity index (χ1n) is 7.58. The van der Waals surface area contributed by atoms with E-state index in [1.54, 1.807) is 24.1 Å². The molecule has 0 spiro atoms. The Labute approximate surface area is 141 Å². The van der Waals surface area contributed by atoms with Crippen LogP contribution < -0.4 is 4.90 Å². The van der Waals surface area contributed by atoms with Gasteiger partial charge in [0.25, 0.3) is 0 Å². The Morgan fingerprint density at radius 1 is 0.833 bits per heavy atom. The van der Waals surface area contributed by atoms with Crippen LogP contribution in [0.5, 0.6) is 0 Å². The molecular weight excluding hydrogens is 306 g/mol. The van der Waals surface area contributed by atoms with E-state index in [-0.39, 0.29) is 0 Å². The van der Waals surface area contributed by atoms with Gasteiger partial charge in [-0.25, -0.2) is 4.79 Å². The first-order chi connectivity index (χ1) is 11.6. The van der Waals surface area contributed by atoms with Gasteiger partial charge in [-0.15, -0.1) is 0 Å². The zero-order valence-electron chi connectivity index (χ0n) is 14.0. The Bertz CT molecular complexity index is 672. The second-order valence-corrected chi connectivity index (χ2v) is 5.33. The second kappa shape index (κ2) is 8.15. The molecule has 2 aromatic rings. The van der Waals surface area contributed by atoms with Crippen LogP contribution in [0.4, 0.5) is 5.69 Å². The molecule has 126 valence electrons. The average molecular weight is 327 g/mol. The maximum Gasteiger partial charge on any atom is 0.329 e. The smallest absolute Gasteiger partial charge is 0.329 e. The van der Waals surface area contributed by atoms with Crippen LogP contribution in [0.2, 0.25) is 0 Å². The van der Waals surface area contributed by atoms with Gasteiger partial charge >= 0.3 is 11.9 Å². The molecule has 2 unspecified atom stereocenters. The van der Waals surface area contributed by atoms with E-state index >= 15 is 0 Å². The number of carbonyl (C=O) groups is 2. The Morgan fingerprint density at radius 3 is 1.83 bits per heavy atom. The fourth-order valence-electron chi connectivity index (χ4n) is 2.70. The number of nitrogens with zero attached hydrogens (tertiary/aromatic N) is 1. The molecule has 2 aromatic carbocycles. The summed E-state index contributed by atoms with van der Waals surface area (Å²) < 4.78 is 9.92. The fourth-order valence-corrected chi connectivity index (χ4v) is 2.70. The molecular formula is C19H21NO4. The van der Waals surface area contributed by atoms with Gasteiger partial charge in [-0.1, -0.05) is 48.5 Å². The van der Waals surface area contributed by atoms with Gasteiger partial charge in [0.05, 0.1) is 14.2 Å². The summed E-state index contributed by atoms with van der Waals surface area (Å²) in [6, 6.07) is 17.6. The van der Waals surface area contributed by atoms with Crippen LogP contribution in [0.1, 0.15) is 11.5 Å². The molecule has 0 radical (unpaired) electrons. The summed E-state index contributed by atoms with van der Waals surface area (Å²) in [6.07, 6.45) is 0. The van der Waals surface area contributed by atoms with Gasteiger partial charge in [-0.2, -0.15) is 0 Å². The van der Waals surface area contributed by atoms with Gasteiger partial charge in [0.15, 0.2) is 0 Å². The fraction of sp³-hybridized carbons (Fsp3) is 0.263. The van der Waals surface area contributed by atoms with Gasteiger partial charge < -0.3 is 14.4 Å². The van der Waals surface area contributed by atoms with Crippen molar-refractivity contribution in [2.24, 2.45) is 0 Å². The number of esters is 2. The Hall–Kier alpha value is -2.82. The Kier molecular flexibility index (Phi) is 5.95. The molecule has 0 saturated carbocycles. The van der Waals surface area contributed by atoms with Crippen molar-refractivity contribution in [3.8, 4) is 0 Å². The SMILES string of the molecule is COC(=O)C(c1ccccc1)C(C(=O)OC)N(C)c1ccccc1. The van der Waals surface area contributed by atoms with Gasteiger partial charge in [0, 0.05) is 12.7 Å². The van der Waals surface area contributed by atoms with E-state index in [1.807, 2.05) is 48.5 Å². The first-order valence-corrected chi connectivity index (χ1v) is 7.58. The van der Waals surface area contributed by atoms with Crippen LogP contribution in [0.25, 0.3) is 0 Å². The second-order valence-electron chi connectivity index (χ2n) is 5.33.